The second-order valence-corrected chi connectivity index (χ2v) is 6.02. The number of non-ortho nitro benzene ring substituents is 1. The van der Waals surface area contributed by atoms with E-state index in [0.717, 1.165) is 6.07 Å². The van der Waals surface area contributed by atoms with Crippen LogP contribution in [0.3, 0.4) is 0 Å². The molecular weight excluding hydrogens is 358 g/mol. The lowest BCUT2D eigenvalue weighted by molar-refractivity contribution is -0.384. The fourth-order valence-corrected chi connectivity index (χ4v) is 2.47. The third kappa shape index (κ3) is 5.48. The summed E-state index contributed by atoms with van der Waals surface area (Å²) in [5, 5.41) is 13.2. The van der Waals surface area contributed by atoms with Crippen LogP contribution in [-0.2, 0) is 19.1 Å². The Kier molecular flexibility index (Phi) is 6.83. The number of esters is 1. The maximum absolute atomic E-state index is 12.2. The number of amides is 2. The van der Waals surface area contributed by atoms with Gasteiger partial charge < -0.3 is 19.7 Å². The lowest BCUT2D eigenvalue weighted by atomic mass is 10.2. The summed E-state index contributed by atoms with van der Waals surface area (Å²) in [4.78, 5) is 48.3. The summed E-state index contributed by atoms with van der Waals surface area (Å²) in [5.41, 5.74) is -0.191. The molecule has 1 N–H and O–H groups in total. The van der Waals surface area contributed by atoms with Crippen molar-refractivity contribution in [2.24, 2.45) is 0 Å². The molecule has 146 valence electrons. The molecule has 10 nitrogen and oxygen atoms in total. The predicted molar refractivity (Wildman–Crippen MR) is 93.0 cm³/mol. The molecule has 10 heteroatoms. The number of nitrogens with one attached hydrogen (secondary N) is 1. The number of morpholine rings is 1. The van der Waals surface area contributed by atoms with E-state index in [1.165, 1.54) is 32.0 Å². The van der Waals surface area contributed by atoms with Crippen molar-refractivity contribution in [2.75, 3.05) is 26.3 Å². The maximum Gasteiger partial charge on any atom is 0.329 e. The van der Waals surface area contributed by atoms with E-state index >= 15 is 0 Å². The minimum absolute atomic E-state index is 0.0429. The second-order valence-electron chi connectivity index (χ2n) is 6.02. The predicted octanol–water partition coefficient (Wildman–Crippen LogP) is 0.504. The standard InChI is InChI=1S/C17H21N3O7/c1-11(18-15(21)13-4-3-5-14(10-13)20(24)25)17(23)27-12(2)16(22)19-6-8-26-9-7-19/h3-5,10-12H,6-9H2,1-2H3,(H,18,21)/t11-,12+/m0/s1. The molecule has 2 atom stereocenters. The summed E-state index contributed by atoms with van der Waals surface area (Å²) in [5.74, 6) is -1.76. The monoisotopic (exact) mass is 379 g/mol. The fourth-order valence-electron chi connectivity index (χ4n) is 2.47. The number of hydrogen-bond acceptors (Lipinski definition) is 7. The van der Waals surface area contributed by atoms with Crippen molar-refractivity contribution in [3.63, 3.8) is 0 Å². The first-order valence-electron chi connectivity index (χ1n) is 8.42. The summed E-state index contributed by atoms with van der Waals surface area (Å²) >= 11 is 0. The summed E-state index contributed by atoms with van der Waals surface area (Å²) < 4.78 is 10.3. The number of ether oxygens (including phenoxy) is 2. The van der Waals surface area contributed by atoms with Crippen molar-refractivity contribution in [1.29, 1.82) is 0 Å². The van der Waals surface area contributed by atoms with Crippen molar-refractivity contribution in [1.82, 2.24) is 10.2 Å². The second kappa shape index (κ2) is 9.08. The first kappa shape index (κ1) is 20.3. The van der Waals surface area contributed by atoms with Crippen molar-refractivity contribution in [3.8, 4) is 0 Å². The highest BCUT2D eigenvalue weighted by Gasteiger charge is 2.27. The van der Waals surface area contributed by atoms with Crippen molar-refractivity contribution in [2.45, 2.75) is 26.0 Å². The van der Waals surface area contributed by atoms with Gasteiger partial charge in [0, 0.05) is 30.8 Å². The SMILES string of the molecule is C[C@H](NC(=O)c1cccc([N+](=O)[O-])c1)C(=O)O[C@H](C)C(=O)N1CCOCC1. The molecule has 2 rings (SSSR count). The van der Waals surface area contributed by atoms with Gasteiger partial charge in [0.2, 0.25) is 0 Å². The Labute approximate surface area is 155 Å². The Balaban J connectivity index is 1.90. The smallest absolute Gasteiger partial charge is 0.329 e. The van der Waals surface area contributed by atoms with Gasteiger partial charge in [-0.05, 0) is 19.9 Å². The molecular formula is C17H21N3O7. The van der Waals surface area contributed by atoms with Gasteiger partial charge in [-0.1, -0.05) is 6.07 Å². The number of carbonyl (C=O) groups is 3. The van der Waals surface area contributed by atoms with Crippen molar-refractivity contribution >= 4 is 23.5 Å². The van der Waals surface area contributed by atoms with Crippen molar-refractivity contribution < 1.29 is 28.8 Å². The van der Waals surface area contributed by atoms with E-state index in [2.05, 4.69) is 5.32 Å². The largest absolute Gasteiger partial charge is 0.451 e. The highest BCUT2D eigenvalue weighted by Crippen LogP contribution is 2.13. The van der Waals surface area contributed by atoms with Crippen LogP contribution in [-0.4, -0.2) is 66.1 Å². The zero-order chi connectivity index (χ0) is 20.0. The third-order valence-electron chi connectivity index (χ3n) is 3.98. The van der Waals surface area contributed by atoms with Crippen LogP contribution >= 0.6 is 0 Å². The van der Waals surface area contributed by atoms with Crippen LogP contribution in [0.25, 0.3) is 0 Å². The molecule has 1 aromatic carbocycles. The average Bonchev–Trinajstić information content (AvgIpc) is 2.67. The molecule has 2 amide bonds. The molecule has 1 saturated heterocycles. The van der Waals surface area contributed by atoms with E-state index in [9.17, 15) is 24.5 Å². The molecule has 0 aromatic heterocycles. The summed E-state index contributed by atoms with van der Waals surface area (Å²) in [6.45, 7) is 4.60. The number of nitro groups is 1. The Morgan fingerprint density at radius 1 is 1.26 bits per heavy atom. The van der Waals surface area contributed by atoms with Gasteiger partial charge >= 0.3 is 5.97 Å². The molecule has 0 saturated carbocycles. The molecule has 0 aliphatic carbocycles. The number of nitro benzene ring substituents is 1. The lowest BCUT2D eigenvalue weighted by Crippen LogP contribution is -2.47. The van der Waals surface area contributed by atoms with Crippen LogP contribution in [0, 0.1) is 10.1 Å². The van der Waals surface area contributed by atoms with Crippen LogP contribution in [0.5, 0.6) is 0 Å². The number of hydrogen-bond donors (Lipinski definition) is 1. The first-order valence-corrected chi connectivity index (χ1v) is 8.42. The van der Waals surface area contributed by atoms with E-state index in [1.54, 1.807) is 4.90 Å². The van der Waals surface area contributed by atoms with Gasteiger partial charge in [-0.2, -0.15) is 0 Å². The molecule has 0 spiro atoms. The van der Waals surface area contributed by atoms with E-state index in [4.69, 9.17) is 9.47 Å². The van der Waals surface area contributed by atoms with Gasteiger partial charge in [0.15, 0.2) is 6.10 Å². The Morgan fingerprint density at radius 3 is 2.56 bits per heavy atom. The third-order valence-corrected chi connectivity index (χ3v) is 3.98. The normalized spacial score (nSPS) is 16.1. The minimum atomic E-state index is -1.03. The van der Waals surface area contributed by atoms with E-state index < -0.39 is 28.9 Å². The summed E-state index contributed by atoms with van der Waals surface area (Å²) in [6.07, 6.45) is -0.993. The molecule has 0 bridgehead atoms. The van der Waals surface area contributed by atoms with Crippen LogP contribution < -0.4 is 5.32 Å². The molecule has 0 radical (unpaired) electrons. The van der Waals surface area contributed by atoms with Gasteiger partial charge in [-0.15, -0.1) is 0 Å². The van der Waals surface area contributed by atoms with Gasteiger partial charge in [0.25, 0.3) is 17.5 Å². The molecule has 1 aliphatic rings. The molecule has 0 unspecified atom stereocenters. The maximum atomic E-state index is 12.2. The molecule has 1 heterocycles. The quantitative estimate of drug-likeness (QED) is 0.433. The Hall–Kier alpha value is -3.01. The number of rotatable bonds is 6. The number of benzene rings is 1. The van der Waals surface area contributed by atoms with E-state index in [-0.39, 0.29) is 17.2 Å². The van der Waals surface area contributed by atoms with Crippen LogP contribution in [0.15, 0.2) is 24.3 Å². The van der Waals surface area contributed by atoms with Crippen LogP contribution in [0.2, 0.25) is 0 Å². The van der Waals surface area contributed by atoms with Gasteiger partial charge in [0.05, 0.1) is 18.1 Å². The average molecular weight is 379 g/mol. The lowest BCUT2D eigenvalue weighted by Gasteiger charge is -2.29. The van der Waals surface area contributed by atoms with Gasteiger partial charge in [-0.3, -0.25) is 19.7 Å². The fraction of sp³-hybridized carbons (Fsp3) is 0.471. The zero-order valence-corrected chi connectivity index (χ0v) is 15.0. The van der Waals surface area contributed by atoms with Crippen LogP contribution in [0.4, 0.5) is 5.69 Å². The summed E-state index contributed by atoms with van der Waals surface area (Å²) in [7, 11) is 0. The Bertz CT molecular complexity index is 731. The van der Waals surface area contributed by atoms with Gasteiger partial charge in [0.1, 0.15) is 6.04 Å². The van der Waals surface area contributed by atoms with Crippen molar-refractivity contribution in [3.05, 3.63) is 39.9 Å². The topological polar surface area (TPSA) is 128 Å². The minimum Gasteiger partial charge on any atom is -0.451 e. The van der Waals surface area contributed by atoms with Crippen LogP contribution in [0.1, 0.15) is 24.2 Å². The zero-order valence-electron chi connectivity index (χ0n) is 15.0. The first-order chi connectivity index (χ1) is 12.8. The molecule has 1 fully saturated rings. The molecule has 1 aliphatic heterocycles. The molecule has 1 aromatic rings. The van der Waals surface area contributed by atoms with E-state index in [1.807, 2.05) is 0 Å². The Morgan fingerprint density at radius 2 is 1.93 bits per heavy atom. The number of carbonyl (C=O) groups excluding carboxylic acids is 3. The van der Waals surface area contributed by atoms with E-state index in [0.29, 0.717) is 26.3 Å². The highest BCUT2D eigenvalue weighted by molar-refractivity contribution is 5.97. The number of nitrogens with zero attached hydrogens (tertiary/aromatic N) is 2. The van der Waals surface area contributed by atoms with Gasteiger partial charge in [-0.25, -0.2) is 4.79 Å². The summed E-state index contributed by atoms with van der Waals surface area (Å²) in [6, 6.07) is 4.10. The highest BCUT2D eigenvalue weighted by atomic mass is 16.6. The molecule has 27 heavy (non-hydrogen) atoms.